The van der Waals surface area contributed by atoms with Gasteiger partial charge in [0.25, 0.3) is 0 Å². The Morgan fingerprint density at radius 3 is 2.47 bits per heavy atom. The normalized spacial score (nSPS) is 11.1. The molecule has 1 N–H and O–H groups in total. The van der Waals surface area contributed by atoms with Crippen molar-refractivity contribution in [2.75, 3.05) is 14.2 Å². The number of ether oxygens (including phenoxy) is 2. The van der Waals surface area contributed by atoms with Gasteiger partial charge in [-0.05, 0) is 23.8 Å². The summed E-state index contributed by atoms with van der Waals surface area (Å²) in [6.07, 6.45) is 7.84. The van der Waals surface area contributed by atoms with Crippen LogP contribution in [0.2, 0.25) is 0 Å². The minimum absolute atomic E-state index is 0.736. The molecule has 0 radical (unpaired) electrons. The summed E-state index contributed by atoms with van der Waals surface area (Å²) in [4.78, 5) is 9.95. The van der Waals surface area contributed by atoms with Gasteiger partial charge in [0.15, 0.2) is 0 Å². The van der Waals surface area contributed by atoms with Gasteiger partial charge in [-0.25, -0.2) is 4.98 Å². The number of nitrogens with zero attached hydrogens (tertiary/aromatic N) is 3. The highest BCUT2D eigenvalue weighted by Crippen LogP contribution is 2.36. The molecule has 0 aliphatic heterocycles. The van der Waals surface area contributed by atoms with Crippen LogP contribution in [0.5, 0.6) is 11.5 Å². The molecule has 7 heteroatoms. The van der Waals surface area contributed by atoms with Crippen LogP contribution in [0.15, 0.2) is 89.2 Å². The molecule has 0 unspecified atom stereocenters. The predicted octanol–water partition coefficient (Wildman–Crippen LogP) is 5.64. The van der Waals surface area contributed by atoms with Crippen molar-refractivity contribution in [1.82, 2.24) is 19.7 Å². The van der Waals surface area contributed by atoms with E-state index in [4.69, 9.17) is 9.47 Å². The zero-order chi connectivity index (χ0) is 21.9. The van der Waals surface area contributed by atoms with Crippen LogP contribution in [0.3, 0.4) is 0 Å². The summed E-state index contributed by atoms with van der Waals surface area (Å²) in [5.41, 5.74) is 4.20. The highest BCUT2D eigenvalue weighted by Gasteiger charge is 2.12. The Morgan fingerprint density at radius 1 is 0.938 bits per heavy atom. The van der Waals surface area contributed by atoms with E-state index in [9.17, 15) is 0 Å². The van der Waals surface area contributed by atoms with E-state index in [0.717, 1.165) is 50.0 Å². The minimum atomic E-state index is 0.736. The Kier molecular flexibility index (Phi) is 5.56. The number of benzene rings is 2. The molecule has 3 aromatic heterocycles. The molecule has 0 fully saturated rings. The summed E-state index contributed by atoms with van der Waals surface area (Å²) in [5, 5.41) is 5.61. The summed E-state index contributed by atoms with van der Waals surface area (Å²) in [6.45, 7) is 0.736. The summed E-state index contributed by atoms with van der Waals surface area (Å²) in [5.74, 6) is 1.52. The highest BCUT2D eigenvalue weighted by atomic mass is 32.2. The van der Waals surface area contributed by atoms with Crippen LogP contribution in [0.4, 0.5) is 0 Å². The van der Waals surface area contributed by atoms with Crippen LogP contribution in [0.1, 0.15) is 5.56 Å². The first-order valence-electron chi connectivity index (χ1n) is 10.2. The van der Waals surface area contributed by atoms with E-state index in [0.29, 0.717) is 0 Å². The lowest BCUT2D eigenvalue weighted by molar-refractivity contribution is 0.392. The van der Waals surface area contributed by atoms with E-state index in [2.05, 4.69) is 39.5 Å². The topological polar surface area (TPSA) is 65.0 Å². The average Bonchev–Trinajstić information content (AvgIpc) is 3.46. The van der Waals surface area contributed by atoms with E-state index in [-0.39, 0.29) is 0 Å². The molecule has 0 amide bonds. The van der Waals surface area contributed by atoms with Crippen molar-refractivity contribution in [3.8, 4) is 22.6 Å². The van der Waals surface area contributed by atoms with E-state index in [1.165, 1.54) is 5.56 Å². The molecule has 0 bridgehead atoms. The highest BCUT2D eigenvalue weighted by molar-refractivity contribution is 7.99. The number of hydrogen-bond donors (Lipinski definition) is 1. The van der Waals surface area contributed by atoms with Crippen LogP contribution < -0.4 is 9.47 Å². The fourth-order valence-electron chi connectivity index (χ4n) is 3.61. The van der Waals surface area contributed by atoms with Gasteiger partial charge in [-0.3, -0.25) is 4.68 Å². The third-order valence-electron chi connectivity index (χ3n) is 5.20. The molecule has 2 aromatic carbocycles. The number of aromatic nitrogens is 4. The maximum atomic E-state index is 5.39. The average molecular weight is 443 g/mol. The number of nitrogens with one attached hydrogen (secondary N) is 1. The zero-order valence-electron chi connectivity index (χ0n) is 17.8. The molecule has 0 atom stereocenters. The molecular formula is C25H22N4O2S. The Labute approximate surface area is 190 Å². The van der Waals surface area contributed by atoms with Crippen molar-refractivity contribution in [2.45, 2.75) is 16.3 Å². The Hall–Kier alpha value is -3.71. The summed E-state index contributed by atoms with van der Waals surface area (Å²) in [7, 11) is 3.31. The molecule has 32 heavy (non-hydrogen) atoms. The number of rotatable bonds is 7. The Balaban J connectivity index is 1.44. The first kappa shape index (κ1) is 20.2. The zero-order valence-corrected chi connectivity index (χ0v) is 18.6. The number of methoxy groups -OCH3 is 2. The first-order chi connectivity index (χ1) is 15.7. The van der Waals surface area contributed by atoms with Gasteiger partial charge in [0.1, 0.15) is 17.1 Å². The molecule has 6 nitrogen and oxygen atoms in total. The van der Waals surface area contributed by atoms with E-state index < -0.39 is 0 Å². The van der Waals surface area contributed by atoms with Crippen molar-refractivity contribution in [2.24, 2.45) is 0 Å². The van der Waals surface area contributed by atoms with Gasteiger partial charge >= 0.3 is 0 Å². The van der Waals surface area contributed by atoms with Gasteiger partial charge in [-0.15, -0.1) is 0 Å². The maximum Gasteiger partial charge on any atom is 0.137 e. The fraction of sp³-hybridized carbons (Fsp3) is 0.120. The second kappa shape index (κ2) is 8.80. The van der Waals surface area contributed by atoms with Crippen molar-refractivity contribution in [3.63, 3.8) is 0 Å². The molecule has 3 heterocycles. The first-order valence-corrected chi connectivity index (χ1v) is 11.0. The van der Waals surface area contributed by atoms with Crippen LogP contribution in [0.25, 0.3) is 22.2 Å². The summed E-state index contributed by atoms with van der Waals surface area (Å²) in [6, 6.07) is 18.3. The van der Waals surface area contributed by atoms with E-state index in [1.807, 2.05) is 59.7 Å². The predicted molar refractivity (Wildman–Crippen MR) is 127 cm³/mol. The quantitative estimate of drug-likeness (QED) is 0.353. The second-order valence-electron chi connectivity index (χ2n) is 7.33. The second-order valence-corrected chi connectivity index (χ2v) is 8.48. The van der Waals surface area contributed by atoms with E-state index >= 15 is 0 Å². The molecule has 0 saturated carbocycles. The number of H-pyrrole nitrogens is 1. The van der Waals surface area contributed by atoms with Crippen LogP contribution in [-0.4, -0.2) is 34.0 Å². The van der Waals surface area contributed by atoms with Crippen LogP contribution >= 0.6 is 11.8 Å². The number of aromatic amines is 1. The van der Waals surface area contributed by atoms with Crippen molar-refractivity contribution in [1.29, 1.82) is 0 Å². The molecule has 0 aliphatic rings. The largest absolute Gasteiger partial charge is 0.497 e. The molecular weight excluding hydrogens is 420 g/mol. The molecule has 0 saturated heterocycles. The maximum absolute atomic E-state index is 5.39. The number of fused-ring (bicyclic) bond motifs is 1. The SMILES string of the molecule is COc1cc(OC)cc(Sc2cnc3[nH]cc(-c4cnn(Cc5ccccc5)c4)c3c2)c1. The Bertz CT molecular complexity index is 1340. The minimum Gasteiger partial charge on any atom is -0.497 e. The van der Waals surface area contributed by atoms with Crippen molar-refractivity contribution in [3.05, 3.63) is 84.9 Å². The van der Waals surface area contributed by atoms with Crippen molar-refractivity contribution >= 4 is 22.8 Å². The molecule has 0 spiro atoms. The molecule has 160 valence electrons. The lowest BCUT2D eigenvalue weighted by atomic mass is 10.1. The third kappa shape index (κ3) is 4.20. The van der Waals surface area contributed by atoms with E-state index in [1.54, 1.807) is 26.0 Å². The lowest BCUT2D eigenvalue weighted by Gasteiger charge is -2.08. The standard InChI is InChI=1S/C25H22N4O2S/c1-30-19-8-20(31-2)10-21(9-19)32-22-11-23-24(14-27-25(23)26-13-22)18-12-28-29(16-18)15-17-6-4-3-5-7-17/h3-14,16H,15H2,1-2H3,(H,26,27). The van der Waals surface area contributed by atoms with Crippen molar-refractivity contribution < 1.29 is 9.47 Å². The van der Waals surface area contributed by atoms with Gasteiger partial charge in [0.05, 0.1) is 27.0 Å². The van der Waals surface area contributed by atoms with Gasteiger partial charge in [0.2, 0.25) is 0 Å². The summed E-state index contributed by atoms with van der Waals surface area (Å²) >= 11 is 1.62. The van der Waals surface area contributed by atoms with Gasteiger partial charge < -0.3 is 14.5 Å². The molecule has 5 aromatic rings. The van der Waals surface area contributed by atoms with Gasteiger partial charge in [-0.1, -0.05) is 42.1 Å². The van der Waals surface area contributed by atoms with Crippen LogP contribution in [0, 0.1) is 0 Å². The number of pyridine rings is 1. The van der Waals surface area contributed by atoms with Crippen LogP contribution in [-0.2, 0) is 6.54 Å². The van der Waals surface area contributed by atoms with Gasteiger partial charge in [-0.2, -0.15) is 5.10 Å². The third-order valence-corrected chi connectivity index (χ3v) is 6.13. The molecule has 0 aliphatic carbocycles. The smallest absolute Gasteiger partial charge is 0.137 e. The van der Waals surface area contributed by atoms with Gasteiger partial charge in [0, 0.05) is 51.0 Å². The monoisotopic (exact) mass is 442 g/mol. The molecule has 5 rings (SSSR count). The fourth-order valence-corrected chi connectivity index (χ4v) is 4.52. The summed E-state index contributed by atoms with van der Waals surface area (Å²) < 4.78 is 12.7. The number of hydrogen-bond acceptors (Lipinski definition) is 5. The lowest BCUT2D eigenvalue weighted by Crippen LogP contribution is -1.99. The Morgan fingerprint density at radius 2 is 1.72 bits per heavy atom.